The Morgan fingerprint density at radius 3 is 1.78 bits per heavy atom. The van der Waals surface area contributed by atoms with Crippen molar-refractivity contribution in [2.24, 2.45) is 0 Å². The number of hydrogen-bond donors (Lipinski definition) is 0. The van der Waals surface area contributed by atoms with Crippen molar-refractivity contribution in [1.29, 1.82) is 0 Å². The van der Waals surface area contributed by atoms with Crippen molar-refractivity contribution >= 4 is 60.5 Å². The predicted octanol–water partition coefficient (Wildman–Crippen LogP) is 12.7. The first-order valence-corrected chi connectivity index (χ1v) is 15.7. The van der Waals surface area contributed by atoms with Crippen molar-refractivity contribution in [1.82, 2.24) is 0 Å². The van der Waals surface area contributed by atoms with Crippen LogP contribution in [-0.2, 0) is 0 Å². The molecular formula is C44H29NO. The third-order valence-corrected chi connectivity index (χ3v) is 9.00. The summed E-state index contributed by atoms with van der Waals surface area (Å²) in [6.45, 7) is 0. The average Bonchev–Trinajstić information content (AvgIpc) is 3.51. The van der Waals surface area contributed by atoms with Gasteiger partial charge < -0.3 is 9.32 Å². The molecule has 1 heterocycles. The Balaban J connectivity index is 1.17. The summed E-state index contributed by atoms with van der Waals surface area (Å²) in [5, 5.41) is 7.14. The Morgan fingerprint density at radius 2 is 0.957 bits per heavy atom. The maximum absolute atomic E-state index is 6.29. The minimum absolute atomic E-state index is 0.883. The van der Waals surface area contributed by atoms with Crippen molar-refractivity contribution < 1.29 is 4.42 Å². The van der Waals surface area contributed by atoms with Crippen LogP contribution >= 0.6 is 0 Å². The average molecular weight is 588 g/mol. The van der Waals surface area contributed by atoms with E-state index in [1.807, 2.05) is 12.1 Å². The van der Waals surface area contributed by atoms with Crippen LogP contribution < -0.4 is 4.90 Å². The molecule has 0 saturated carbocycles. The molecule has 0 saturated heterocycles. The van der Waals surface area contributed by atoms with Crippen LogP contribution in [0.2, 0.25) is 0 Å². The quantitative estimate of drug-likeness (QED) is 0.199. The molecule has 0 unspecified atom stereocenters. The summed E-state index contributed by atoms with van der Waals surface area (Å²) >= 11 is 0. The van der Waals surface area contributed by atoms with Crippen molar-refractivity contribution in [2.75, 3.05) is 4.90 Å². The summed E-state index contributed by atoms with van der Waals surface area (Å²) < 4.78 is 6.29. The lowest BCUT2D eigenvalue weighted by Gasteiger charge is -2.26. The van der Waals surface area contributed by atoms with E-state index in [1.54, 1.807) is 0 Å². The summed E-state index contributed by atoms with van der Waals surface area (Å²) in [6, 6.07) is 62.8. The molecule has 0 aliphatic carbocycles. The molecule has 0 bridgehead atoms. The van der Waals surface area contributed by atoms with Gasteiger partial charge in [0.1, 0.15) is 11.2 Å². The summed E-state index contributed by atoms with van der Waals surface area (Å²) in [6.07, 6.45) is 0. The van der Waals surface area contributed by atoms with Gasteiger partial charge >= 0.3 is 0 Å². The number of para-hydroxylation sites is 2. The molecule has 0 radical (unpaired) electrons. The molecule has 0 spiro atoms. The number of fused-ring (bicyclic) bond motifs is 5. The van der Waals surface area contributed by atoms with E-state index in [9.17, 15) is 0 Å². The Hall–Kier alpha value is -6.12. The largest absolute Gasteiger partial charge is 0.456 e. The van der Waals surface area contributed by atoms with E-state index in [1.165, 1.54) is 43.8 Å². The van der Waals surface area contributed by atoms with Crippen molar-refractivity contribution in [3.05, 3.63) is 176 Å². The van der Waals surface area contributed by atoms with Gasteiger partial charge in [0.25, 0.3) is 0 Å². The number of nitrogens with zero attached hydrogens (tertiary/aromatic N) is 1. The monoisotopic (exact) mass is 587 g/mol. The number of rotatable bonds is 5. The van der Waals surface area contributed by atoms with Gasteiger partial charge in [0.2, 0.25) is 0 Å². The number of hydrogen-bond acceptors (Lipinski definition) is 2. The normalized spacial score (nSPS) is 11.5. The van der Waals surface area contributed by atoms with E-state index in [2.05, 4.69) is 169 Å². The highest BCUT2D eigenvalue weighted by atomic mass is 16.3. The fourth-order valence-electron chi connectivity index (χ4n) is 6.75. The third kappa shape index (κ3) is 4.51. The second-order valence-corrected chi connectivity index (χ2v) is 11.8. The van der Waals surface area contributed by atoms with E-state index in [4.69, 9.17) is 4.42 Å². The second kappa shape index (κ2) is 10.8. The SMILES string of the molecule is c1ccc(N(c2ccc3ccc(-c4cccc(-c5ccc6ccccc6c5)c4)cc3c2)c2cccc3oc4ccccc4c23)cc1. The number of anilines is 3. The van der Waals surface area contributed by atoms with Crippen molar-refractivity contribution in [2.45, 2.75) is 0 Å². The first kappa shape index (κ1) is 26.3. The van der Waals surface area contributed by atoms with Crippen molar-refractivity contribution in [3.63, 3.8) is 0 Å². The summed E-state index contributed by atoms with van der Waals surface area (Å²) in [7, 11) is 0. The van der Waals surface area contributed by atoms with Crippen molar-refractivity contribution in [3.8, 4) is 22.3 Å². The fraction of sp³-hybridized carbons (Fsp3) is 0. The Bertz CT molecular complexity index is 2540. The van der Waals surface area contributed by atoms with E-state index in [-0.39, 0.29) is 0 Å². The van der Waals surface area contributed by atoms with Crippen LogP contribution in [0.1, 0.15) is 0 Å². The highest BCUT2D eigenvalue weighted by Crippen LogP contribution is 2.43. The summed E-state index contributed by atoms with van der Waals surface area (Å²) in [4.78, 5) is 2.34. The van der Waals surface area contributed by atoms with Crippen LogP contribution in [-0.4, -0.2) is 0 Å². The van der Waals surface area contributed by atoms with Gasteiger partial charge in [0, 0.05) is 16.8 Å². The Morgan fingerprint density at radius 1 is 0.348 bits per heavy atom. The number of furan rings is 1. The maximum Gasteiger partial charge on any atom is 0.137 e. The van der Waals surface area contributed by atoms with Crippen LogP contribution in [0.5, 0.6) is 0 Å². The van der Waals surface area contributed by atoms with Gasteiger partial charge in [0.05, 0.1) is 11.1 Å². The van der Waals surface area contributed by atoms with Gasteiger partial charge in [-0.1, -0.05) is 115 Å². The van der Waals surface area contributed by atoms with Gasteiger partial charge in [0.15, 0.2) is 0 Å². The standard InChI is InChI=1S/C44H29NO/c1-2-14-38(15-3-1)45(41-17-9-19-43-44(41)40-16-6-7-18-42(40)46-43)39-25-24-31-21-23-36(28-37(31)29-39)34-13-8-12-33(27-34)35-22-20-30-10-4-5-11-32(30)26-35/h1-29H. The van der Waals surface area contributed by atoms with Gasteiger partial charge in [-0.15, -0.1) is 0 Å². The maximum atomic E-state index is 6.29. The van der Waals surface area contributed by atoms with Crippen LogP contribution in [0.4, 0.5) is 17.1 Å². The molecule has 0 amide bonds. The third-order valence-electron chi connectivity index (χ3n) is 9.00. The van der Waals surface area contributed by atoms with E-state index < -0.39 is 0 Å². The molecule has 0 fully saturated rings. The molecule has 0 atom stereocenters. The minimum Gasteiger partial charge on any atom is -0.456 e. The van der Waals surface area contributed by atoms with E-state index >= 15 is 0 Å². The molecule has 8 aromatic carbocycles. The lowest BCUT2D eigenvalue weighted by molar-refractivity contribution is 0.669. The Kier molecular flexibility index (Phi) is 6.17. The molecule has 2 nitrogen and oxygen atoms in total. The lowest BCUT2D eigenvalue weighted by atomic mass is 9.96. The van der Waals surface area contributed by atoms with E-state index in [0.29, 0.717) is 0 Å². The second-order valence-electron chi connectivity index (χ2n) is 11.8. The summed E-state index contributed by atoms with van der Waals surface area (Å²) in [5.74, 6) is 0. The Labute approximate surface area is 267 Å². The van der Waals surface area contributed by atoms with Crippen LogP contribution in [0.3, 0.4) is 0 Å². The number of benzene rings is 8. The molecule has 0 N–H and O–H groups in total. The molecule has 1 aromatic heterocycles. The predicted molar refractivity (Wildman–Crippen MR) is 194 cm³/mol. The first-order chi connectivity index (χ1) is 22.8. The zero-order valence-electron chi connectivity index (χ0n) is 25.1. The fourth-order valence-corrected chi connectivity index (χ4v) is 6.75. The molecular weight excluding hydrogens is 558 g/mol. The molecule has 2 heteroatoms. The summed E-state index contributed by atoms with van der Waals surface area (Å²) in [5.41, 5.74) is 9.90. The molecule has 0 aliphatic heterocycles. The van der Waals surface area contributed by atoms with E-state index in [0.717, 1.165) is 39.0 Å². The van der Waals surface area contributed by atoms with Gasteiger partial charge in [-0.2, -0.15) is 0 Å². The highest BCUT2D eigenvalue weighted by molar-refractivity contribution is 6.13. The van der Waals surface area contributed by atoms with Gasteiger partial charge in [-0.3, -0.25) is 0 Å². The molecule has 9 rings (SSSR count). The molecule has 0 aliphatic rings. The lowest BCUT2D eigenvalue weighted by Crippen LogP contribution is -2.10. The molecule has 46 heavy (non-hydrogen) atoms. The molecule has 9 aromatic rings. The van der Waals surface area contributed by atoms with Gasteiger partial charge in [-0.25, -0.2) is 0 Å². The van der Waals surface area contributed by atoms with Gasteiger partial charge in [-0.05, 0) is 104 Å². The highest BCUT2D eigenvalue weighted by Gasteiger charge is 2.19. The topological polar surface area (TPSA) is 16.4 Å². The first-order valence-electron chi connectivity index (χ1n) is 15.7. The molecule has 216 valence electrons. The smallest absolute Gasteiger partial charge is 0.137 e. The zero-order chi connectivity index (χ0) is 30.5. The van der Waals surface area contributed by atoms with Crippen LogP contribution in [0.15, 0.2) is 180 Å². The zero-order valence-corrected chi connectivity index (χ0v) is 25.1. The minimum atomic E-state index is 0.883. The van der Waals surface area contributed by atoms with Crippen LogP contribution in [0, 0.1) is 0 Å². The van der Waals surface area contributed by atoms with Crippen LogP contribution in [0.25, 0.3) is 65.7 Å².